The highest BCUT2D eigenvalue weighted by Crippen LogP contribution is 2.31. The molecule has 0 aliphatic heterocycles. The summed E-state index contributed by atoms with van der Waals surface area (Å²) in [6.45, 7) is 2.14. The summed E-state index contributed by atoms with van der Waals surface area (Å²) in [7, 11) is 0. The fourth-order valence-electron chi connectivity index (χ4n) is 2.36. The molecule has 3 rings (SSSR count). The second kappa shape index (κ2) is 8.17. The van der Waals surface area contributed by atoms with Gasteiger partial charge < -0.3 is 10.6 Å². The third-order valence-corrected chi connectivity index (χ3v) is 4.40. The molecule has 0 saturated heterocycles. The van der Waals surface area contributed by atoms with Gasteiger partial charge in [-0.2, -0.15) is 0 Å². The lowest BCUT2D eigenvalue weighted by molar-refractivity contribution is 0.0945. The second-order valence-corrected chi connectivity index (χ2v) is 6.37. The minimum absolute atomic E-state index is 0.272. The minimum atomic E-state index is -0.278. The van der Waals surface area contributed by atoms with Crippen LogP contribution in [0.2, 0.25) is 10.0 Å². The van der Waals surface area contributed by atoms with Gasteiger partial charge in [-0.05, 0) is 24.6 Å². The molecular weight excluding hydrogens is 371 g/mol. The standard InChI is InChI=1S/C19H16Cl2N4O/c1-12-23-16(19(26)22-11-13-6-3-2-4-7-13)10-17(24-12)25-15-9-5-8-14(20)18(15)21/h2-10H,11H2,1H3,(H,22,26)(H,23,24,25). The van der Waals surface area contributed by atoms with Gasteiger partial charge in [0, 0.05) is 12.6 Å². The van der Waals surface area contributed by atoms with Crippen molar-refractivity contribution in [3.63, 3.8) is 0 Å². The lowest BCUT2D eigenvalue weighted by Crippen LogP contribution is -2.24. The van der Waals surface area contributed by atoms with Crippen molar-refractivity contribution >= 4 is 40.6 Å². The predicted octanol–water partition coefficient (Wildman–Crippen LogP) is 4.77. The number of aryl methyl sites for hydroxylation is 1. The van der Waals surface area contributed by atoms with Gasteiger partial charge in [0.25, 0.3) is 5.91 Å². The van der Waals surface area contributed by atoms with Crippen molar-refractivity contribution in [1.29, 1.82) is 0 Å². The first-order chi connectivity index (χ1) is 12.5. The number of rotatable bonds is 5. The maximum absolute atomic E-state index is 12.4. The van der Waals surface area contributed by atoms with Gasteiger partial charge in [0.15, 0.2) is 0 Å². The van der Waals surface area contributed by atoms with Crippen molar-refractivity contribution in [1.82, 2.24) is 15.3 Å². The Morgan fingerprint density at radius 3 is 2.58 bits per heavy atom. The van der Waals surface area contributed by atoms with Crippen molar-refractivity contribution in [2.75, 3.05) is 5.32 Å². The van der Waals surface area contributed by atoms with Gasteiger partial charge in [-0.3, -0.25) is 4.79 Å². The molecule has 0 unspecified atom stereocenters. The normalized spacial score (nSPS) is 10.4. The third kappa shape index (κ3) is 4.50. The molecule has 2 N–H and O–H groups in total. The predicted molar refractivity (Wildman–Crippen MR) is 104 cm³/mol. The monoisotopic (exact) mass is 386 g/mol. The van der Waals surface area contributed by atoms with E-state index < -0.39 is 0 Å². The molecule has 0 aliphatic carbocycles. The molecule has 0 fully saturated rings. The van der Waals surface area contributed by atoms with E-state index in [1.807, 2.05) is 30.3 Å². The number of aromatic nitrogens is 2. The number of hydrogen-bond acceptors (Lipinski definition) is 4. The Morgan fingerprint density at radius 2 is 1.81 bits per heavy atom. The molecule has 3 aromatic rings. The maximum Gasteiger partial charge on any atom is 0.270 e. The molecule has 0 bridgehead atoms. The number of benzene rings is 2. The van der Waals surface area contributed by atoms with Crippen LogP contribution in [0.25, 0.3) is 0 Å². The summed E-state index contributed by atoms with van der Waals surface area (Å²) in [6.07, 6.45) is 0. The Labute approximate surface area is 161 Å². The highest BCUT2D eigenvalue weighted by atomic mass is 35.5. The summed E-state index contributed by atoms with van der Waals surface area (Å²) in [5.41, 5.74) is 1.89. The van der Waals surface area contributed by atoms with Crippen LogP contribution >= 0.6 is 23.2 Å². The minimum Gasteiger partial charge on any atom is -0.347 e. The van der Waals surface area contributed by atoms with Gasteiger partial charge in [0.05, 0.1) is 15.7 Å². The van der Waals surface area contributed by atoms with Gasteiger partial charge in [-0.15, -0.1) is 0 Å². The van der Waals surface area contributed by atoms with Gasteiger partial charge >= 0.3 is 0 Å². The molecule has 7 heteroatoms. The van der Waals surface area contributed by atoms with E-state index in [2.05, 4.69) is 20.6 Å². The second-order valence-electron chi connectivity index (χ2n) is 5.58. The van der Waals surface area contributed by atoms with E-state index >= 15 is 0 Å². The molecular formula is C19H16Cl2N4O. The highest BCUT2D eigenvalue weighted by Gasteiger charge is 2.12. The topological polar surface area (TPSA) is 66.9 Å². The summed E-state index contributed by atoms with van der Waals surface area (Å²) in [6, 6.07) is 16.5. The zero-order chi connectivity index (χ0) is 18.5. The van der Waals surface area contributed by atoms with Crippen LogP contribution in [0.3, 0.4) is 0 Å². The highest BCUT2D eigenvalue weighted by molar-refractivity contribution is 6.43. The number of nitrogens with one attached hydrogen (secondary N) is 2. The van der Waals surface area contributed by atoms with Crippen molar-refractivity contribution < 1.29 is 4.79 Å². The Bertz CT molecular complexity index is 932. The number of anilines is 2. The molecule has 2 aromatic carbocycles. The Morgan fingerprint density at radius 1 is 1.04 bits per heavy atom. The van der Waals surface area contributed by atoms with Crippen molar-refractivity contribution in [3.8, 4) is 0 Å². The Balaban J connectivity index is 1.76. The Hall–Kier alpha value is -2.63. The van der Waals surface area contributed by atoms with E-state index in [1.165, 1.54) is 0 Å². The Kier molecular flexibility index (Phi) is 5.71. The zero-order valence-electron chi connectivity index (χ0n) is 14.0. The van der Waals surface area contributed by atoms with Crippen LogP contribution in [0.5, 0.6) is 0 Å². The van der Waals surface area contributed by atoms with Crippen LogP contribution in [0.4, 0.5) is 11.5 Å². The van der Waals surface area contributed by atoms with Crippen molar-refractivity contribution in [2.45, 2.75) is 13.5 Å². The summed E-state index contributed by atoms with van der Waals surface area (Å²) < 4.78 is 0. The van der Waals surface area contributed by atoms with Gasteiger partial charge in [-0.1, -0.05) is 59.6 Å². The molecule has 5 nitrogen and oxygen atoms in total. The molecule has 1 amide bonds. The summed E-state index contributed by atoms with van der Waals surface area (Å²) in [5.74, 6) is 0.657. The number of halogens is 2. The van der Waals surface area contributed by atoms with Gasteiger partial charge in [0.1, 0.15) is 17.3 Å². The lowest BCUT2D eigenvalue weighted by Gasteiger charge is -2.11. The molecule has 0 aliphatic rings. The molecule has 0 spiro atoms. The lowest BCUT2D eigenvalue weighted by atomic mass is 10.2. The van der Waals surface area contributed by atoms with Crippen molar-refractivity contribution in [3.05, 3.63) is 81.7 Å². The van der Waals surface area contributed by atoms with Crippen LogP contribution < -0.4 is 10.6 Å². The van der Waals surface area contributed by atoms with Crippen LogP contribution in [-0.2, 0) is 6.54 Å². The molecule has 132 valence electrons. The largest absolute Gasteiger partial charge is 0.347 e. The summed E-state index contributed by atoms with van der Waals surface area (Å²) in [4.78, 5) is 20.9. The smallest absolute Gasteiger partial charge is 0.270 e. The average Bonchev–Trinajstić information content (AvgIpc) is 2.64. The number of carbonyl (C=O) groups is 1. The van der Waals surface area contributed by atoms with Crippen LogP contribution in [-0.4, -0.2) is 15.9 Å². The first kappa shape index (κ1) is 18.2. The number of hydrogen-bond donors (Lipinski definition) is 2. The molecule has 26 heavy (non-hydrogen) atoms. The number of carbonyl (C=O) groups excluding carboxylic acids is 1. The SMILES string of the molecule is Cc1nc(Nc2cccc(Cl)c2Cl)cc(C(=O)NCc2ccccc2)n1. The molecule has 1 aromatic heterocycles. The van der Waals surface area contributed by atoms with E-state index in [0.29, 0.717) is 33.9 Å². The number of amides is 1. The van der Waals surface area contributed by atoms with Gasteiger partial charge in [-0.25, -0.2) is 9.97 Å². The number of nitrogens with zero attached hydrogens (tertiary/aromatic N) is 2. The molecule has 1 heterocycles. The molecule has 0 radical (unpaired) electrons. The van der Waals surface area contributed by atoms with E-state index in [0.717, 1.165) is 5.56 Å². The van der Waals surface area contributed by atoms with E-state index in [1.54, 1.807) is 31.2 Å². The summed E-state index contributed by atoms with van der Waals surface area (Å²) in [5, 5.41) is 6.75. The van der Waals surface area contributed by atoms with Crippen LogP contribution in [0, 0.1) is 6.92 Å². The fraction of sp³-hybridized carbons (Fsp3) is 0.105. The quantitative estimate of drug-likeness (QED) is 0.662. The summed E-state index contributed by atoms with van der Waals surface area (Å²) >= 11 is 12.2. The third-order valence-electron chi connectivity index (χ3n) is 3.58. The molecule has 0 saturated carbocycles. The zero-order valence-corrected chi connectivity index (χ0v) is 15.5. The van der Waals surface area contributed by atoms with Crippen molar-refractivity contribution in [2.24, 2.45) is 0 Å². The van der Waals surface area contributed by atoms with E-state index in [-0.39, 0.29) is 11.6 Å². The van der Waals surface area contributed by atoms with E-state index in [9.17, 15) is 4.79 Å². The fourth-order valence-corrected chi connectivity index (χ4v) is 2.70. The van der Waals surface area contributed by atoms with Gasteiger partial charge in [0.2, 0.25) is 0 Å². The first-order valence-corrected chi connectivity index (χ1v) is 8.67. The maximum atomic E-state index is 12.4. The first-order valence-electron chi connectivity index (χ1n) is 7.92. The molecule has 0 atom stereocenters. The van der Waals surface area contributed by atoms with Crippen LogP contribution in [0.15, 0.2) is 54.6 Å². The van der Waals surface area contributed by atoms with Crippen LogP contribution in [0.1, 0.15) is 21.9 Å². The average molecular weight is 387 g/mol. The van der Waals surface area contributed by atoms with E-state index in [4.69, 9.17) is 23.2 Å².